The molecule has 0 saturated carbocycles. The van der Waals surface area contributed by atoms with Crippen molar-refractivity contribution in [2.24, 2.45) is 0 Å². The highest BCUT2D eigenvalue weighted by molar-refractivity contribution is 4.96. The summed E-state index contributed by atoms with van der Waals surface area (Å²) < 4.78 is 14.8. The molecular formula is C12H22O11. The van der Waals surface area contributed by atoms with E-state index in [4.69, 9.17) is 24.4 Å². The molecule has 0 radical (unpaired) electrons. The van der Waals surface area contributed by atoms with Gasteiger partial charge in [0.05, 0.1) is 13.2 Å². The van der Waals surface area contributed by atoms with Crippen molar-refractivity contribution in [1.82, 2.24) is 0 Å². The predicted octanol–water partition coefficient (Wildman–Crippen LogP) is -5.40. The van der Waals surface area contributed by atoms with Crippen molar-refractivity contribution in [2.45, 2.75) is 54.8 Å². The Kier molecular flexibility index (Phi) is 5.92. The minimum atomic E-state index is -2.52. The molecule has 2 heterocycles. The standard InChI is InChI=1S/C12H22O11/c13-1-4-7(16)10(18)12(20,3-21-4)23-9-6(15)5(2-14)22-11(19)8(9)17/h4-11,13-20H,1-3H2/t4-,5-,6-,7-,8-,9+,10+,11-,12-/m1/s1. The van der Waals surface area contributed by atoms with Gasteiger partial charge in [0.2, 0.25) is 5.79 Å². The maximum absolute atomic E-state index is 10.3. The average Bonchev–Trinajstić information content (AvgIpc) is 2.53. The quantitative estimate of drug-likeness (QED) is 0.228. The van der Waals surface area contributed by atoms with Crippen molar-refractivity contribution in [3.63, 3.8) is 0 Å². The first-order valence-corrected chi connectivity index (χ1v) is 7.04. The van der Waals surface area contributed by atoms with Crippen LogP contribution in [0.3, 0.4) is 0 Å². The zero-order valence-corrected chi connectivity index (χ0v) is 12.0. The van der Waals surface area contributed by atoms with Gasteiger partial charge in [-0.25, -0.2) is 0 Å². The van der Waals surface area contributed by atoms with Crippen LogP contribution in [0.25, 0.3) is 0 Å². The maximum atomic E-state index is 10.3. The van der Waals surface area contributed by atoms with Crippen molar-refractivity contribution in [2.75, 3.05) is 19.8 Å². The van der Waals surface area contributed by atoms with Gasteiger partial charge in [0.15, 0.2) is 6.29 Å². The van der Waals surface area contributed by atoms with Gasteiger partial charge in [0.25, 0.3) is 0 Å². The van der Waals surface area contributed by atoms with E-state index in [1.54, 1.807) is 0 Å². The summed E-state index contributed by atoms with van der Waals surface area (Å²) in [7, 11) is 0. The Morgan fingerprint density at radius 3 is 2.09 bits per heavy atom. The fourth-order valence-corrected chi connectivity index (χ4v) is 2.59. The first-order valence-electron chi connectivity index (χ1n) is 7.04. The van der Waals surface area contributed by atoms with Crippen LogP contribution in [-0.2, 0) is 14.2 Å². The number of hydrogen-bond acceptors (Lipinski definition) is 11. The molecule has 0 aromatic carbocycles. The van der Waals surface area contributed by atoms with Crippen molar-refractivity contribution in [3.8, 4) is 0 Å². The highest BCUT2D eigenvalue weighted by atomic mass is 16.7. The van der Waals surface area contributed by atoms with Gasteiger partial charge in [-0.1, -0.05) is 0 Å². The summed E-state index contributed by atoms with van der Waals surface area (Å²) >= 11 is 0. The molecule has 11 heteroatoms. The molecule has 2 aliphatic rings. The van der Waals surface area contributed by atoms with Crippen LogP contribution in [0.1, 0.15) is 0 Å². The third-order valence-electron chi connectivity index (χ3n) is 4.03. The van der Waals surface area contributed by atoms with Gasteiger partial charge in [-0.2, -0.15) is 0 Å². The lowest BCUT2D eigenvalue weighted by atomic mass is 9.94. The number of hydrogen-bond donors (Lipinski definition) is 8. The molecule has 11 nitrogen and oxygen atoms in total. The molecule has 0 unspecified atom stereocenters. The molecule has 136 valence electrons. The normalized spacial score (nSPS) is 51.7. The summed E-state index contributed by atoms with van der Waals surface area (Å²) in [6.07, 6.45) is -12.9. The third kappa shape index (κ3) is 3.50. The second kappa shape index (κ2) is 7.21. The first kappa shape index (κ1) is 18.9. The van der Waals surface area contributed by atoms with E-state index in [-0.39, 0.29) is 0 Å². The highest BCUT2D eigenvalue weighted by Gasteiger charge is 2.54. The minimum Gasteiger partial charge on any atom is -0.394 e. The summed E-state index contributed by atoms with van der Waals surface area (Å²) in [4.78, 5) is 0. The van der Waals surface area contributed by atoms with E-state index in [9.17, 15) is 30.6 Å². The van der Waals surface area contributed by atoms with Crippen LogP contribution in [0.4, 0.5) is 0 Å². The van der Waals surface area contributed by atoms with Crippen molar-refractivity contribution >= 4 is 0 Å². The molecule has 0 aliphatic carbocycles. The molecule has 0 aromatic heterocycles. The Bertz CT molecular complexity index is 395. The molecule has 9 atom stereocenters. The Hall–Kier alpha value is -0.440. The second-order valence-corrected chi connectivity index (χ2v) is 5.62. The Labute approximate surface area is 130 Å². The number of rotatable bonds is 4. The van der Waals surface area contributed by atoms with Crippen molar-refractivity contribution in [3.05, 3.63) is 0 Å². The van der Waals surface area contributed by atoms with Crippen molar-refractivity contribution in [1.29, 1.82) is 0 Å². The highest BCUT2D eigenvalue weighted by Crippen LogP contribution is 2.31. The Morgan fingerprint density at radius 1 is 0.913 bits per heavy atom. The summed E-state index contributed by atoms with van der Waals surface area (Å²) in [5.41, 5.74) is 0. The number of aliphatic hydroxyl groups is 8. The van der Waals surface area contributed by atoms with E-state index in [2.05, 4.69) is 0 Å². The Balaban J connectivity index is 2.15. The number of ether oxygens (including phenoxy) is 3. The summed E-state index contributed by atoms with van der Waals surface area (Å²) in [5.74, 6) is -2.52. The third-order valence-corrected chi connectivity index (χ3v) is 4.03. The van der Waals surface area contributed by atoms with E-state index >= 15 is 0 Å². The van der Waals surface area contributed by atoms with Crippen LogP contribution in [0.2, 0.25) is 0 Å². The summed E-state index contributed by atoms with van der Waals surface area (Å²) in [6.45, 7) is -1.98. The zero-order valence-electron chi connectivity index (χ0n) is 12.0. The SMILES string of the molecule is OC[C@H]1OC[C@@](O)(O[C@@H]2[C@@H](O)[C@H](O)O[C@H](CO)[C@H]2O)[C@@H](O)[C@@H]1O. The monoisotopic (exact) mass is 342 g/mol. The van der Waals surface area contributed by atoms with E-state index in [1.807, 2.05) is 0 Å². The Morgan fingerprint density at radius 2 is 1.52 bits per heavy atom. The van der Waals surface area contributed by atoms with Gasteiger partial charge < -0.3 is 55.1 Å². The molecule has 2 aliphatic heterocycles. The van der Waals surface area contributed by atoms with Gasteiger partial charge in [-0.05, 0) is 0 Å². The van der Waals surface area contributed by atoms with Crippen molar-refractivity contribution < 1.29 is 55.1 Å². The van der Waals surface area contributed by atoms with Gasteiger partial charge in [-0.3, -0.25) is 0 Å². The van der Waals surface area contributed by atoms with Gasteiger partial charge in [0, 0.05) is 0 Å². The van der Waals surface area contributed by atoms with E-state index in [0.717, 1.165) is 0 Å². The van der Waals surface area contributed by atoms with E-state index in [0.29, 0.717) is 0 Å². The predicted molar refractivity (Wildman–Crippen MR) is 68.6 cm³/mol. The molecule has 0 aromatic rings. The van der Waals surface area contributed by atoms with Gasteiger partial charge >= 0.3 is 0 Å². The zero-order chi connectivity index (χ0) is 17.4. The molecule has 0 spiro atoms. The van der Waals surface area contributed by atoms with Crippen LogP contribution in [0.5, 0.6) is 0 Å². The second-order valence-electron chi connectivity index (χ2n) is 5.62. The van der Waals surface area contributed by atoms with Crippen LogP contribution in [-0.4, -0.2) is 115 Å². The average molecular weight is 342 g/mol. The molecule has 8 N–H and O–H groups in total. The molecule has 2 fully saturated rings. The van der Waals surface area contributed by atoms with Crippen LogP contribution in [0.15, 0.2) is 0 Å². The largest absolute Gasteiger partial charge is 0.394 e. The lowest BCUT2D eigenvalue weighted by Gasteiger charge is -2.47. The number of aliphatic hydroxyl groups excluding tert-OH is 7. The first-order chi connectivity index (χ1) is 10.7. The minimum absolute atomic E-state index is 0.609. The van der Waals surface area contributed by atoms with Crippen LogP contribution < -0.4 is 0 Å². The topological polar surface area (TPSA) is 190 Å². The molecule has 0 bridgehead atoms. The van der Waals surface area contributed by atoms with E-state index < -0.39 is 74.6 Å². The molecule has 0 amide bonds. The molecule has 23 heavy (non-hydrogen) atoms. The lowest BCUT2D eigenvalue weighted by Crippen LogP contribution is -2.68. The van der Waals surface area contributed by atoms with Gasteiger partial charge in [0.1, 0.15) is 49.3 Å². The fourth-order valence-electron chi connectivity index (χ4n) is 2.59. The van der Waals surface area contributed by atoms with Gasteiger partial charge in [-0.15, -0.1) is 0 Å². The maximum Gasteiger partial charge on any atom is 0.219 e. The summed E-state index contributed by atoms with van der Waals surface area (Å²) in [6, 6.07) is 0. The van der Waals surface area contributed by atoms with Crippen LogP contribution in [0, 0.1) is 0 Å². The molecule has 2 saturated heterocycles. The van der Waals surface area contributed by atoms with Crippen LogP contribution >= 0.6 is 0 Å². The summed E-state index contributed by atoms with van der Waals surface area (Å²) in [5, 5.41) is 77.5. The molecular weight excluding hydrogens is 320 g/mol. The fraction of sp³-hybridized carbons (Fsp3) is 1.00. The lowest BCUT2D eigenvalue weighted by molar-refractivity contribution is -0.385. The van der Waals surface area contributed by atoms with E-state index in [1.165, 1.54) is 0 Å². The molecule has 2 rings (SSSR count). The smallest absolute Gasteiger partial charge is 0.219 e.